The van der Waals surface area contributed by atoms with Crippen LogP contribution in [0.3, 0.4) is 0 Å². The Labute approximate surface area is 118 Å². The molecule has 4 nitrogen and oxygen atoms in total. The number of carbonyl (C=O) groups is 1. The van der Waals surface area contributed by atoms with E-state index in [0.717, 1.165) is 18.3 Å². The number of ether oxygens (including phenoxy) is 1. The lowest BCUT2D eigenvalue weighted by molar-refractivity contribution is 0.0526. The molecule has 0 bridgehead atoms. The summed E-state index contributed by atoms with van der Waals surface area (Å²) in [5.74, 6) is 3.79. The van der Waals surface area contributed by atoms with Gasteiger partial charge in [0.15, 0.2) is 0 Å². The van der Waals surface area contributed by atoms with Gasteiger partial charge in [-0.3, -0.25) is 0 Å². The summed E-state index contributed by atoms with van der Waals surface area (Å²) < 4.78 is 4.92. The van der Waals surface area contributed by atoms with Crippen molar-refractivity contribution in [2.75, 3.05) is 30.0 Å². The third-order valence-electron chi connectivity index (χ3n) is 3.19. The van der Waals surface area contributed by atoms with Gasteiger partial charge in [0, 0.05) is 12.7 Å². The number of hydrogen-bond acceptors (Lipinski definition) is 5. The van der Waals surface area contributed by atoms with E-state index in [1.54, 1.807) is 19.2 Å². The van der Waals surface area contributed by atoms with Gasteiger partial charge in [-0.2, -0.15) is 11.8 Å². The molecule has 0 radical (unpaired) electrons. The number of anilines is 1. The zero-order chi connectivity index (χ0) is 13.5. The van der Waals surface area contributed by atoms with Crippen LogP contribution in [-0.4, -0.2) is 35.6 Å². The maximum atomic E-state index is 11.5. The molecule has 1 fully saturated rings. The van der Waals surface area contributed by atoms with Gasteiger partial charge in [0.1, 0.15) is 5.82 Å². The van der Waals surface area contributed by atoms with Crippen LogP contribution in [0.4, 0.5) is 5.82 Å². The predicted molar refractivity (Wildman–Crippen MR) is 78.7 cm³/mol. The van der Waals surface area contributed by atoms with Crippen LogP contribution in [0, 0.1) is 5.92 Å². The number of pyridine rings is 1. The van der Waals surface area contributed by atoms with E-state index in [1.807, 2.05) is 17.8 Å². The normalized spacial score (nSPS) is 16.1. The van der Waals surface area contributed by atoms with E-state index in [0.29, 0.717) is 12.2 Å². The van der Waals surface area contributed by atoms with Gasteiger partial charge in [0.05, 0.1) is 12.2 Å². The van der Waals surface area contributed by atoms with Gasteiger partial charge in [-0.15, -0.1) is 0 Å². The minimum Gasteiger partial charge on any atom is -0.462 e. The number of esters is 1. The summed E-state index contributed by atoms with van der Waals surface area (Å²) >= 11 is 2.04. The fourth-order valence-electron chi connectivity index (χ4n) is 2.03. The third-order valence-corrected chi connectivity index (χ3v) is 4.24. The average molecular weight is 280 g/mol. The molecule has 2 heterocycles. The van der Waals surface area contributed by atoms with Crippen molar-refractivity contribution in [1.29, 1.82) is 0 Å². The molecule has 0 atom stereocenters. The van der Waals surface area contributed by atoms with Crippen LogP contribution >= 0.6 is 11.8 Å². The molecule has 0 aliphatic carbocycles. The number of thioether (sulfide) groups is 1. The Morgan fingerprint density at radius 2 is 2.26 bits per heavy atom. The molecule has 1 aromatic heterocycles. The number of rotatable bonds is 5. The van der Waals surface area contributed by atoms with E-state index in [9.17, 15) is 4.79 Å². The summed E-state index contributed by atoms with van der Waals surface area (Å²) in [7, 11) is 0. The lowest BCUT2D eigenvalue weighted by Crippen LogP contribution is -2.19. The number of hydrogen-bond donors (Lipinski definition) is 1. The monoisotopic (exact) mass is 280 g/mol. The van der Waals surface area contributed by atoms with E-state index < -0.39 is 0 Å². The summed E-state index contributed by atoms with van der Waals surface area (Å²) in [5, 5.41) is 3.34. The Morgan fingerprint density at radius 1 is 1.47 bits per heavy atom. The number of nitrogens with one attached hydrogen (secondary N) is 1. The molecule has 104 valence electrons. The highest BCUT2D eigenvalue weighted by Crippen LogP contribution is 2.22. The summed E-state index contributed by atoms with van der Waals surface area (Å²) in [6.45, 7) is 3.15. The van der Waals surface area contributed by atoms with Crippen LogP contribution in [0.25, 0.3) is 0 Å². The summed E-state index contributed by atoms with van der Waals surface area (Å²) in [6.07, 6.45) is 4.12. The molecule has 0 unspecified atom stereocenters. The standard InChI is InChI=1S/C14H20N2O2S/c1-2-18-14(17)12-3-4-13(16-10-12)15-9-11-5-7-19-8-6-11/h3-4,10-11H,2,5-9H2,1H3,(H,15,16). The first kappa shape index (κ1) is 14.2. The first-order valence-corrected chi connectivity index (χ1v) is 7.90. The Kier molecular flexibility index (Phi) is 5.51. The molecule has 0 spiro atoms. The lowest BCUT2D eigenvalue weighted by atomic mass is 10.0. The first-order valence-electron chi connectivity index (χ1n) is 6.74. The minimum absolute atomic E-state index is 0.314. The van der Waals surface area contributed by atoms with Crippen LogP contribution in [0.2, 0.25) is 0 Å². The van der Waals surface area contributed by atoms with Crippen molar-refractivity contribution in [2.24, 2.45) is 5.92 Å². The van der Waals surface area contributed by atoms with Gasteiger partial charge < -0.3 is 10.1 Å². The van der Waals surface area contributed by atoms with Gasteiger partial charge in [0.2, 0.25) is 0 Å². The van der Waals surface area contributed by atoms with E-state index in [2.05, 4.69) is 10.3 Å². The molecule has 1 aliphatic rings. The molecular formula is C14H20N2O2S. The Balaban J connectivity index is 1.82. The Bertz CT molecular complexity index is 402. The molecule has 1 N–H and O–H groups in total. The van der Waals surface area contributed by atoms with Crippen LogP contribution in [0.1, 0.15) is 30.1 Å². The molecular weight excluding hydrogens is 260 g/mol. The molecule has 1 saturated heterocycles. The molecule has 1 aliphatic heterocycles. The zero-order valence-corrected chi connectivity index (χ0v) is 12.0. The smallest absolute Gasteiger partial charge is 0.339 e. The second kappa shape index (κ2) is 7.38. The first-order chi connectivity index (χ1) is 9.29. The molecule has 0 amide bonds. The fraction of sp³-hybridized carbons (Fsp3) is 0.571. The van der Waals surface area contributed by atoms with Crippen molar-refractivity contribution in [2.45, 2.75) is 19.8 Å². The topological polar surface area (TPSA) is 51.2 Å². The van der Waals surface area contributed by atoms with Crippen molar-refractivity contribution in [1.82, 2.24) is 4.98 Å². The molecule has 0 aromatic carbocycles. The maximum Gasteiger partial charge on any atom is 0.339 e. The van der Waals surface area contributed by atoms with E-state index >= 15 is 0 Å². The van der Waals surface area contributed by atoms with Gasteiger partial charge in [-0.05, 0) is 49.3 Å². The van der Waals surface area contributed by atoms with Crippen LogP contribution in [0.5, 0.6) is 0 Å². The highest BCUT2D eigenvalue weighted by Gasteiger charge is 2.13. The Morgan fingerprint density at radius 3 is 2.89 bits per heavy atom. The van der Waals surface area contributed by atoms with Crippen molar-refractivity contribution >= 4 is 23.5 Å². The number of nitrogens with zero attached hydrogens (tertiary/aromatic N) is 1. The Hall–Kier alpha value is -1.23. The van der Waals surface area contributed by atoms with Crippen molar-refractivity contribution in [3.63, 3.8) is 0 Å². The van der Waals surface area contributed by atoms with Crippen molar-refractivity contribution in [3.8, 4) is 0 Å². The van der Waals surface area contributed by atoms with E-state index in [4.69, 9.17) is 4.74 Å². The predicted octanol–water partition coefficient (Wildman–Crippen LogP) is 2.81. The van der Waals surface area contributed by atoms with Crippen molar-refractivity contribution in [3.05, 3.63) is 23.9 Å². The molecule has 5 heteroatoms. The quantitative estimate of drug-likeness (QED) is 0.841. The highest BCUT2D eigenvalue weighted by atomic mass is 32.2. The summed E-state index contributed by atoms with van der Waals surface area (Å²) in [5.41, 5.74) is 0.501. The highest BCUT2D eigenvalue weighted by molar-refractivity contribution is 7.99. The number of aromatic nitrogens is 1. The fourth-order valence-corrected chi connectivity index (χ4v) is 3.24. The summed E-state index contributed by atoms with van der Waals surface area (Å²) in [6, 6.07) is 3.59. The molecule has 1 aromatic rings. The van der Waals surface area contributed by atoms with Crippen LogP contribution in [0.15, 0.2) is 18.3 Å². The third kappa shape index (κ3) is 4.42. The minimum atomic E-state index is -0.314. The zero-order valence-electron chi connectivity index (χ0n) is 11.2. The largest absolute Gasteiger partial charge is 0.462 e. The van der Waals surface area contributed by atoms with Crippen LogP contribution in [-0.2, 0) is 4.74 Å². The number of carbonyl (C=O) groups excluding carboxylic acids is 1. The second-order valence-electron chi connectivity index (χ2n) is 4.59. The van der Waals surface area contributed by atoms with Gasteiger partial charge in [-0.25, -0.2) is 9.78 Å². The SMILES string of the molecule is CCOC(=O)c1ccc(NCC2CCSCC2)nc1. The van der Waals surface area contributed by atoms with Crippen LogP contribution < -0.4 is 5.32 Å². The van der Waals surface area contributed by atoms with E-state index in [-0.39, 0.29) is 5.97 Å². The maximum absolute atomic E-state index is 11.5. The van der Waals surface area contributed by atoms with Gasteiger partial charge >= 0.3 is 5.97 Å². The second-order valence-corrected chi connectivity index (χ2v) is 5.81. The lowest BCUT2D eigenvalue weighted by Gasteiger charge is -2.21. The van der Waals surface area contributed by atoms with Gasteiger partial charge in [-0.1, -0.05) is 0 Å². The van der Waals surface area contributed by atoms with Crippen molar-refractivity contribution < 1.29 is 9.53 Å². The molecule has 2 rings (SSSR count). The molecule has 19 heavy (non-hydrogen) atoms. The summed E-state index contributed by atoms with van der Waals surface area (Å²) in [4.78, 5) is 15.7. The van der Waals surface area contributed by atoms with E-state index in [1.165, 1.54) is 24.3 Å². The van der Waals surface area contributed by atoms with Gasteiger partial charge in [0.25, 0.3) is 0 Å². The average Bonchev–Trinajstić information content (AvgIpc) is 2.47. The molecule has 0 saturated carbocycles.